The van der Waals surface area contributed by atoms with E-state index in [0.717, 1.165) is 4.90 Å². The zero-order valence-electron chi connectivity index (χ0n) is 11.1. The molecule has 0 atom stereocenters. The first-order valence-corrected chi connectivity index (χ1v) is 8.33. The molecule has 1 N–H and O–H groups in total. The first-order chi connectivity index (χ1) is 9.65. The molecule has 0 spiro atoms. The molecule has 5 heteroatoms. The van der Waals surface area contributed by atoms with Gasteiger partial charge in [-0.05, 0) is 48.9 Å². The molecule has 0 fully saturated rings. The van der Waals surface area contributed by atoms with Crippen LogP contribution in [0.2, 0.25) is 0 Å². The van der Waals surface area contributed by atoms with E-state index in [9.17, 15) is 9.90 Å². The van der Waals surface area contributed by atoms with Crippen LogP contribution in [0.3, 0.4) is 0 Å². The highest BCUT2D eigenvalue weighted by Crippen LogP contribution is 2.32. The van der Waals surface area contributed by atoms with E-state index < -0.39 is 5.97 Å². The van der Waals surface area contributed by atoms with Gasteiger partial charge in [-0.25, -0.2) is 4.79 Å². The van der Waals surface area contributed by atoms with E-state index in [-0.39, 0.29) is 5.56 Å². The quantitative estimate of drug-likeness (QED) is 0.817. The molecule has 0 amide bonds. The Balaban J connectivity index is 2.34. The van der Waals surface area contributed by atoms with Crippen molar-refractivity contribution in [3.8, 4) is 11.5 Å². The van der Waals surface area contributed by atoms with Crippen LogP contribution in [0.1, 0.15) is 10.4 Å². The second kappa shape index (κ2) is 6.72. The van der Waals surface area contributed by atoms with Crippen molar-refractivity contribution >= 4 is 29.5 Å². The molecule has 0 aliphatic heterocycles. The molecule has 0 heterocycles. The number of carboxylic acids is 1. The van der Waals surface area contributed by atoms with E-state index in [1.165, 1.54) is 11.8 Å². The molecule has 2 rings (SSSR count). The molecule has 0 aliphatic carbocycles. The van der Waals surface area contributed by atoms with Crippen LogP contribution in [0, 0.1) is 0 Å². The maximum atomic E-state index is 11.4. The number of carboxylic acid groups (broad SMARTS) is 1. The SMILES string of the molecule is CSc1ccc(Oc2cccc(SC)c2C(=O)O)cc1. The summed E-state index contributed by atoms with van der Waals surface area (Å²) in [7, 11) is 0. The van der Waals surface area contributed by atoms with Gasteiger partial charge < -0.3 is 9.84 Å². The second-order valence-corrected chi connectivity index (χ2v) is 5.64. The summed E-state index contributed by atoms with van der Waals surface area (Å²) in [6, 6.07) is 12.8. The van der Waals surface area contributed by atoms with E-state index in [2.05, 4.69) is 0 Å². The lowest BCUT2D eigenvalue weighted by Crippen LogP contribution is -2.02. The number of aromatic carboxylic acids is 1. The van der Waals surface area contributed by atoms with Gasteiger partial charge in [0.05, 0.1) is 0 Å². The zero-order chi connectivity index (χ0) is 14.5. The Morgan fingerprint density at radius 2 is 1.75 bits per heavy atom. The maximum Gasteiger partial charge on any atom is 0.340 e. The van der Waals surface area contributed by atoms with Crippen molar-refractivity contribution in [2.24, 2.45) is 0 Å². The highest BCUT2D eigenvalue weighted by Gasteiger charge is 2.16. The third-order valence-electron chi connectivity index (χ3n) is 2.71. The van der Waals surface area contributed by atoms with Crippen molar-refractivity contribution in [1.82, 2.24) is 0 Å². The first kappa shape index (κ1) is 14.8. The van der Waals surface area contributed by atoms with Crippen LogP contribution in [-0.2, 0) is 0 Å². The van der Waals surface area contributed by atoms with Crippen LogP contribution in [-0.4, -0.2) is 23.6 Å². The van der Waals surface area contributed by atoms with E-state index in [4.69, 9.17) is 4.74 Å². The number of rotatable bonds is 5. The van der Waals surface area contributed by atoms with Crippen LogP contribution in [0.4, 0.5) is 0 Å². The number of hydrogen-bond donors (Lipinski definition) is 1. The topological polar surface area (TPSA) is 46.5 Å². The minimum Gasteiger partial charge on any atom is -0.478 e. The largest absolute Gasteiger partial charge is 0.478 e. The summed E-state index contributed by atoms with van der Waals surface area (Å²) >= 11 is 3.04. The van der Waals surface area contributed by atoms with Crippen molar-refractivity contribution in [2.75, 3.05) is 12.5 Å². The van der Waals surface area contributed by atoms with Crippen LogP contribution >= 0.6 is 23.5 Å². The van der Waals surface area contributed by atoms with Crippen LogP contribution in [0.5, 0.6) is 11.5 Å². The fourth-order valence-electron chi connectivity index (χ4n) is 1.75. The Kier molecular flexibility index (Phi) is 4.98. The van der Waals surface area contributed by atoms with Gasteiger partial charge in [-0.3, -0.25) is 0 Å². The number of carbonyl (C=O) groups is 1. The molecule has 20 heavy (non-hydrogen) atoms. The second-order valence-electron chi connectivity index (χ2n) is 3.92. The predicted octanol–water partition coefficient (Wildman–Crippen LogP) is 4.62. The Bertz CT molecular complexity index is 609. The Labute approximate surface area is 126 Å². The highest BCUT2D eigenvalue weighted by molar-refractivity contribution is 7.98. The normalized spacial score (nSPS) is 10.3. The van der Waals surface area contributed by atoms with Gasteiger partial charge in [-0.2, -0.15) is 0 Å². The van der Waals surface area contributed by atoms with Crippen molar-refractivity contribution < 1.29 is 14.6 Å². The third kappa shape index (κ3) is 3.29. The summed E-state index contributed by atoms with van der Waals surface area (Å²) in [4.78, 5) is 13.2. The lowest BCUT2D eigenvalue weighted by Gasteiger charge is -2.11. The lowest BCUT2D eigenvalue weighted by molar-refractivity contribution is 0.0690. The van der Waals surface area contributed by atoms with E-state index in [1.807, 2.05) is 36.8 Å². The van der Waals surface area contributed by atoms with Gasteiger partial charge in [0.1, 0.15) is 17.1 Å². The van der Waals surface area contributed by atoms with Crippen molar-refractivity contribution in [3.05, 3.63) is 48.0 Å². The molecule has 2 aromatic carbocycles. The minimum absolute atomic E-state index is 0.203. The van der Waals surface area contributed by atoms with Gasteiger partial charge in [0, 0.05) is 9.79 Å². The molecule has 0 aliphatic rings. The number of hydrogen-bond acceptors (Lipinski definition) is 4. The zero-order valence-corrected chi connectivity index (χ0v) is 12.8. The van der Waals surface area contributed by atoms with Gasteiger partial charge in [0.2, 0.25) is 0 Å². The van der Waals surface area contributed by atoms with Crippen LogP contribution in [0.15, 0.2) is 52.3 Å². The van der Waals surface area contributed by atoms with E-state index in [0.29, 0.717) is 16.4 Å². The van der Waals surface area contributed by atoms with Crippen LogP contribution < -0.4 is 4.74 Å². The molecule has 0 radical (unpaired) electrons. The predicted molar refractivity (Wildman–Crippen MR) is 83.5 cm³/mol. The smallest absolute Gasteiger partial charge is 0.340 e. The van der Waals surface area contributed by atoms with Gasteiger partial charge in [-0.1, -0.05) is 6.07 Å². The molecule has 3 nitrogen and oxygen atoms in total. The highest BCUT2D eigenvalue weighted by atomic mass is 32.2. The third-order valence-corrected chi connectivity index (χ3v) is 4.23. The summed E-state index contributed by atoms with van der Waals surface area (Å²) < 4.78 is 5.71. The Morgan fingerprint density at radius 1 is 1.05 bits per heavy atom. The summed E-state index contributed by atoms with van der Waals surface area (Å²) in [5.41, 5.74) is 0.203. The monoisotopic (exact) mass is 306 g/mol. The van der Waals surface area contributed by atoms with Gasteiger partial charge >= 0.3 is 5.97 Å². The standard InChI is InChI=1S/C15H14O3S2/c1-19-11-8-6-10(7-9-11)18-12-4-3-5-13(20-2)14(12)15(16)17/h3-9H,1-2H3,(H,16,17). The molecular weight excluding hydrogens is 292 g/mol. The van der Waals surface area contributed by atoms with Crippen molar-refractivity contribution in [1.29, 1.82) is 0 Å². The number of ether oxygens (including phenoxy) is 1. The molecule has 2 aromatic rings. The first-order valence-electron chi connectivity index (χ1n) is 5.88. The van der Waals surface area contributed by atoms with Gasteiger partial charge in [0.15, 0.2) is 0 Å². The average molecular weight is 306 g/mol. The molecule has 0 bridgehead atoms. The molecule has 104 valence electrons. The van der Waals surface area contributed by atoms with E-state index in [1.54, 1.807) is 30.0 Å². The number of thioether (sulfide) groups is 2. The lowest BCUT2D eigenvalue weighted by atomic mass is 10.2. The van der Waals surface area contributed by atoms with Gasteiger partial charge in [0.25, 0.3) is 0 Å². The maximum absolute atomic E-state index is 11.4. The average Bonchev–Trinajstić information content (AvgIpc) is 2.47. The fourth-order valence-corrected chi connectivity index (χ4v) is 2.76. The Morgan fingerprint density at radius 3 is 2.30 bits per heavy atom. The molecule has 0 aromatic heterocycles. The van der Waals surface area contributed by atoms with Gasteiger partial charge in [-0.15, -0.1) is 23.5 Å². The van der Waals surface area contributed by atoms with E-state index >= 15 is 0 Å². The molecule has 0 saturated carbocycles. The summed E-state index contributed by atoms with van der Waals surface area (Å²) in [5.74, 6) is 0.00971. The summed E-state index contributed by atoms with van der Waals surface area (Å²) in [6.45, 7) is 0. The molecule has 0 saturated heterocycles. The summed E-state index contributed by atoms with van der Waals surface area (Å²) in [6.07, 6.45) is 3.85. The summed E-state index contributed by atoms with van der Waals surface area (Å²) in [5, 5.41) is 9.34. The number of benzene rings is 2. The molecule has 0 unspecified atom stereocenters. The fraction of sp³-hybridized carbons (Fsp3) is 0.133. The Hall–Kier alpha value is -1.59. The van der Waals surface area contributed by atoms with Crippen LogP contribution in [0.25, 0.3) is 0 Å². The minimum atomic E-state index is -0.981. The molecular formula is C15H14O3S2. The van der Waals surface area contributed by atoms with Crippen molar-refractivity contribution in [3.63, 3.8) is 0 Å². The van der Waals surface area contributed by atoms with Crippen molar-refractivity contribution in [2.45, 2.75) is 9.79 Å².